The quantitative estimate of drug-likeness (QED) is 0.820. The number of aryl methyl sites for hydroxylation is 2. The minimum Gasteiger partial charge on any atom is -0.493 e. The monoisotopic (exact) mass is 367 g/mol. The van der Waals surface area contributed by atoms with Crippen LogP contribution in [-0.2, 0) is 14.3 Å². The predicted molar refractivity (Wildman–Crippen MR) is 103 cm³/mol. The molecule has 1 aliphatic heterocycles. The highest BCUT2D eigenvalue weighted by atomic mass is 16.5. The highest BCUT2D eigenvalue weighted by molar-refractivity contribution is 5.86. The van der Waals surface area contributed by atoms with Gasteiger partial charge in [0.25, 0.3) is 0 Å². The Morgan fingerprint density at radius 3 is 2.56 bits per heavy atom. The van der Waals surface area contributed by atoms with Crippen molar-refractivity contribution < 1.29 is 19.1 Å². The van der Waals surface area contributed by atoms with Gasteiger partial charge in [0.05, 0.1) is 13.7 Å². The fraction of sp³-hybridized carbons (Fsp3) is 0.364. The summed E-state index contributed by atoms with van der Waals surface area (Å²) in [5.41, 5.74) is 3.73. The number of nitrogens with one attached hydrogen (secondary N) is 1. The van der Waals surface area contributed by atoms with Crippen LogP contribution >= 0.6 is 0 Å². The molecule has 5 heteroatoms. The molecule has 0 fully saturated rings. The average molecular weight is 367 g/mol. The largest absolute Gasteiger partial charge is 0.493 e. The van der Waals surface area contributed by atoms with Gasteiger partial charge in [-0.1, -0.05) is 36.4 Å². The number of benzene rings is 2. The van der Waals surface area contributed by atoms with Gasteiger partial charge in [0.2, 0.25) is 5.91 Å². The van der Waals surface area contributed by atoms with Crippen molar-refractivity contribution in [1.82, 2.24) is 5.32 Å². The van der Waals surface area contributed by atoms with Crippen LogP contribution in [0.1, 0.15) is 47.1 Å². The van der Waals surface area contributed by atoms with E-state index in [0.29, 0.717) is 13.0 Å². The summed E-state index contributed by atoms with van der Waals surface area (Å²) in [6.07, 6.45) is 1.08. The van der Waals surface area contributed by atoms with Crippen LogP contribution in [0, 0.1) is 13.8 Å². The number of fused-ring (bicyclic) bond motifs is 1. The first kappa shape index (κ1) is 19.0. The Labute approximate surface area is 159 Å². The summed E-state index contributed by atoms with van der Waals surface area (Å²) in [6, 6.07) is 12.8. The maximum Gasteiger partial charge on any atom is 0.333 e. The summed E-state index contributed by atoms with van der Waals surface area (Å²) in [4.78, 5) is 25.2. The van der Waals surface area contributed by atoms with Crippen molar-refractivity contribution in [3.05, 3.63) is 64.7 Å². The van der Waals surface area contributed by atoms with E-state index in [1.165, 1.54) is 7.11 Å². The summed E-state index contributed by atoms with van der Waals surface area (Å²) in [5, 5.41) is 2.89. The molecule has 2 aromatic rings. The molecule has 0 unspecified atom stereocenters. The fourth-order valence-electron chi connectivity index (χ4n) is 3.72. The van der Waals surface area contributed by atoms with E-state index < -0.39 is 12.0 Å². The Balaban J connectivity index is 1.79. The third kappa shape index (κ3) is 4.13. The van der Waals surface area contributed by atoms with Crippen LogP contribution in [0.4, 0.5) is 0 Å². The van der Waals surface area contributed by atoms with Crippen molar-refractivity contribution in [3.63, 3.8) is 0 Å². The Morgan fingerprint density at radius 2 is 1.85 bits per heavy atom. The molecule has 5 nitrogen and oxygen atoms in total. The van der Waals surface area contributed by atoms with Crippen LogP contribution in [0.3, 0.4) is 0 Å². The molecule has 0 bridgehead atoms. The summed E-state index contributed by atoms with van der Waals surface area (Å²) in [7, 11) is 1.34. The molecule has 0 saturated heterocycles. The average Bonchev–Trinajstić information content (AvgIpc) is 2.66. The Bertz CT molecular complexity index is 826. The lowest BCUT2D eigenvalue weighted by atomic mass is 9.89. The van der Waals surface area contributed by atoms with Crippen LogP contribution in [0.2, 0.25) is 0 Å². The number of methoxy groups -OCH3 is 1. The van der Waals surface area contributed by atoms with E-state index in [0.717, 1.165) is 34.4 Å². The molecular formula is C22H25NO4. The second kappa shape index (κ2) is 8.25. The topological polar surface area (TPSA) is 64.6 Å². The van der Waals surface area contributed by atoms with Crippen molar-refractivity contribution in [2.75, 3.05) is 13.7 Å². The van der Waals surface area contributed by atoms with Crippen molar-refractivity contribution in [2.45, 2.75) is 38.6 Å². The second-order valence-electron chi connectivity index (χ2n) is 6.91. The molecule has 1 aliphatic rings. The maximum atomic E-state index is 12.8. The number of hydrogen-bond acceptors (Lipinski definition) is 4. The zero-order valence-corrected chi connectivity index (χ0v) is 16.0. The molecule has 142 valence electrons. The van der Waals surface area contributed by atoms with E-state index in [9.17, 15) is 9.59 Å². The molecular weight excluding hydrogens is 342 g/mol. The van der Waals surface area contributed by atoms with Crippen LogP contribution < -0.4 is 10.1 Å². The number of ether oxygens (including phenoxy) is 2. The van der Waals surface area contributed by atoms with Crippen molar-refractivity contribution >= 4 is 11.9 Å². The van der Waals surface area contributed by atoms with Gasteiger partial charge in [-0.25, -0.2) is 4.79 Å². The molecule has 27 heavy (non-hydrogen) atoms. The van der Waals surface area contributed by atoms with E-state index in [2.05, 4.69) is 5.32 Å². The number of amides is 1. The van der Waals surface area contributed by atoms with Gasteiger partial charge in [0.1, 0.15) is 5.75 Å². The molecule has 0 radical (unpaired) electrons. The molecule has 1 amide bonds. The molecule has 0 saturated carbocycles. The fourth-order valence-corrected chi connectivity index (χ4v) is 3.72. The lowest BCUT2D eigenvalue weighted by Gasteiger charge is -2.26. The molecule has 0 aliphatic carbocycles. The molecule has 2 aromatic carbocycles. The molecule has 2 atom stereocenters. The minimum absolute atomic E-state index is 0.0752. The number of carbonyl (C=O) groups is 2. The first-order chi connectivity index (χ1) is 13.0. The first-order valence-corrected chi connectivity index (χ1v) is 9.16. The van der Waals surface area contributed by atoms with Crippen molar-refractivity contribution in [1.29, 1.82) is 0 Å². The number of rotatable bonds is 5. The van der Waals surface area contributed by atoms with E-state index in [-0.39, 0.29) is 11.8 Å². The first-order valence-electron chi connectivity index (χ1n) is 9.16. The summed E-state index contributed by atoms with van der Waals surface area (Å²) in [6.45, 7) is 4.45. The van der Waals surface area contributed by atoms with Crippen LogP contribution in [0.5, 0.6) is 5.75 Å². The Kier molecular flexibility index (Phi) is 5.79. The van der Waals surface area contributed by atoms with Gasteiger partial charge in [0.15, 0.2) is 6.04 Å². The van der Waals surface area contributed by atoms with E-state index in [1.807, 2.05) is 56.3 Å². The van der Waals surface area contributed by atoms with E-state index in [4.69, 9.17) is 9.47 Å². The van der Waals surface area contributed by atoms with Gasteiger partial charge < -0.3 is 14.8 Å². The smallest absolute Gasteiger partial charge is 0.333 e. The third-order valence-corrected chi connectivity index (χ3v) is 5.09. The normalized spacial score (nSPS) is 16.6. The zero-order valence-electron chi connectivity index (χ0n) is 16.0. The number of hydrogen-bond donors (Lipinski definition) is 1. The standard InChI is InChI=1S/C22H25NO4/c1-14-7-6-8-15(2)20(14)21(22(25)26-3)23-19(24)13-16-11-12-27-18-10-5-4-9-17(16)18/h4-10,16,21H,11-13H2,1-3H3,(H,23,24)/t16-,21-/m0/s1. The lowest BCUT2D eigenvalue weighted by Crippen LogP contribution is -2.36. The maximum absolute atomic E-state index is 12.8. The molecule has 1 heterocycles. The lowest BCUT2D eigenvalue weighted by molar-refractivity contribution is -0.145. The molecule has 0 spiro atoms. The summed E-state index contributed by atoms with van der Waals surface area (Å²) in [5.74, 6) is 0.273. The number of para-hydroxylation sites is 1. The van der Waals surface area contributed by atoms with Crippen LogP contribution in [-0.4, -0.2) is 25.6 Å². The van der Waals surface area contributed by atoms with Gasteiger partial charge in [-0.15, -0.1) is 0 Å². The van der Waals surface area contributed by atoms with Gasteiger partial charge in [-0.3, -0.25) is 4.79 Å². The third-order valence-electron chi connectivity index (χ3n) is 5.09. The molecule has 1 N–H and O–H groups in total. The second-order valence-corrected chi connectivity index (χ2v) is 6.91. The minimum atomic E-state index is -0.807. The predicted octanol–water partition coefficient (Wildman–Crippen LogP) is 3.59. The van der Waals surface area contributed by atoms with Crippen LogP contribution in [0.25, 0.3) is 0 Å². The highest BCUT2D eigenvalue weighted by Gasteiger charge is 2.29. The Hall–Kier alpha value is -2.82. The van der Waals surface area contributed by atoms with E-state index in [1.54, 1.807) is 0 Å². The van der Waals surface area contributed by atoms with Gasteiger partial charge in [0, 0.05) is 6.42 Å². The number of esters is 1. The van der Waals surface area contributed by atoms with Crippen LogP contribution in [0.15, 0.2) is 42.5 Å². The Morgan fingerprint density at radius 1 is 1.15 bits per heavy atom. The molecule has 0 aromatic heterocycles. The van der Waals surface area contributed by atoms with Gasteiger partial charge in [-0.2, -0.15) is 0 Å². The van der Waals surface area contributed by atoms with Gasteiger partial charge in [-0.05, 0) is 54.5 Å². The van der Waals surface area contributed by atoms with Gasteiger partial charge >= 0.3 is 5.97 Å². The van der Waals surface area contributed by atoms with Crippen molar-refractivity contribution in [2.24, 2.45) is 0 Å². The van der Waals surface area contributed by atoms with Crippen molar-refractivity contribution in [3.8, 4) is 5.75 Å². The van der Waals surface area contributed by atoms with E-state index >= 15 is 0 Å². The highest BCUT2D eigenvalue weighted by Crippen LogP contribution is 2.35. The number of carbonyl (C=O) groups excluding carboxylic acids is 2. The zero-order chi connectivity index (χ0) is 19.4. The summed E-state index contributed by atoms with van der Waals surface area (Å²) >= 11 is 0. The SMILES string of the molecule is COC(=O)[C@@H](NC(=O)C[C@@H]1CCOc2ccccc21)c1c(C)cccc1C. The molecule has 3 rings (SSSR count). The summed E-state index contributed by atoms with van der Waals surface area (Å²) < 4.78 is 10.6.